The van der Waals surface area contributed by atoms with Crippen LogP contribution in [0.1, 0.15) is 11.1 Å². The topological polar surface area (TPSA) is 70.2 Å². The maximum atomic E-state index is 5.77. The highest BCUT2D eigenvalue weighted by Crippen LogP contribution is 2.37. The first-order chi connectivity index (χ1) is 16.7. The van der Waals surface area contributed by atoms with Gasteiger partial charge in [0.1, 0.15) is 52.0 Å². The zero-order valence-corrected chi connectivity index (χ0v) is 20.2. The summed E-state index contributed by atoms with van der Waals surface area (Å²) in [7, 11) is 19.5. The fraction of sp³-hybridized carbons (Fsp3) is 0.320. The van der Waals surface area contributed by atoms with Crippen LogP contribution in [0.25, 0.3) is 33.5 Å². The smallest absolute Gasteiger partial charge is 0.145 e. The number of hydrogen-bond acceptors (Lipinski definition) is 6. The average molecular weight is 458 g/mol. The van der Waals surface area contributed by atoms with E-state index < -0.39 is 5.30 Å². The van der Waals surface area contributed by atoms with Crippen molar-refractivity contribution in [3.63, 3.8) is 0 Å². The molecule has 4 aromatic rings. The van der Waals surface area contributed by atoms with Crippen molar-refractivity contribution in [3.05, 3.63) is 53.7 Å². The molecule has 170 valence electrons. The predicted octanol–water partition coefficient (Wildman–Crippen LogP) is 2.55. The van der Waals surface area contributed by atoms with Gasteiger partial charge in [-0.15, -0.1) is 0 Å². The highest BCUT2D eigenvalue weighted by molar-refractivity contribution is 6.58. The van der Waals surface area contributed by atoms with E-state index in [9.17, 15) is 0 Å². The fourth-order valence-corrected chi connectivity index (χ4v) is 4.35. The summed E-state index contributed by atoms with van der Waals surface area (Å²) >= 11 is 0. The van der Waals surface area contributed by atoms with E-state index in [2.05, 4.69) is 27.0 Å². The first-order valence-electron chi connectivity index (χ1n) is 11.6. The Morgan fingerprint density at radius 2 is 1.77 bits per heavy atom. The summed E-state index contributed by atoms with van der Waals surface area (Å²) in [5.74, 6) is 1.34. The highest BCUT2D eigenvalue weighted by atomic mass is 16.5. The molecule has 1 N–H and O–H groups in total. The summed E-state index contributed by atoms with van der Waals surface area (Å²) in [4.78, 5) is 14.3. The number of nitrogens with one attached hydrogen (secondary N) is 1. The van der Waals surface area contributed by atoms with Crippen molar-refractivity contribution < 1.29 is 4.74 Å². The van der Waals surface area contributed by atoms with Crippen LogP contribution in [0.15, 0.2) is 42.6 Å². The fourth-order valence-electron chi connectivity index (χ4n) is 4.35. The molecule has 7 nitrogen and oxygen atoms in total. The maximum absolute atomic E-state index is 5.77. The van der Waals surface area contributed by atoms with Gasteiger partial charge in [-0.3, -0.25) is 5.10 Å². The van der Waals surface area contributed by atoms with E-state index >= 15 is 0 Å². The van der Waals surface area contributed by atoms with E-state index in [4.69, 9.17) is 38.2 Å². The van der Waals surface area contributed by atoms with Gasteiger partial charge in [-0.1, -0.05) is 18.2 Å². The van der Waals surface area contributed by atoms with Crippen LogP contribution in [0.4, 0.5) is 5.82 Å². The molecule has 1 aromatic carbocycles. The lowest BCUT2D eigenvalue weighted by molar-refractivity contribution is 0.312. The normalized spacial score (nSPS) is 15.0. The molecule has 6 radical (unpaired) electrons. The number of aromatic amines is 1. The third kappa shape index (κ3) is 4.80. The molecule has 0 unspecified atom stereocenters. The SMILES string of the molecule is [B]C([B])([B])Oc1cc2[nH]nc(-c3ccc(N4CCN(C)CC4)nc3)c2nc1-c1cccc(C)c1C. The van der Waals surface area contributed by atoms with Crippen LogP contribution in [-0.2, 0) is 0 Å². The van der Waals surface area contributed by atoms with Gasteiger partial charge in [0.05, 0.1) is 5.52 Å². The van der Waals surface area contributed by atoms with Gasteiger partial charge in [0.2, 0.25) is 0 Å². The van der Waals surface area contributed by atoms with Crippen LogP contribution in [0.2, 0.25) is 0 Å². The van der Waals surface area contributed by atoms with Crippen molar-refractivity contribution in [3.8, 4) is 28.3 Å². The van der Waals surface area contributed by atoms with Crippen LogP contribution in [0.3, 0.4) is 0 Å². The highest BCUT2D eigenvalue weighted by Gasteiger charge is 2.22. The number of pyridine rings is 2. The van der Waals surface area contributed by atoms with Crippen LogP contribution in [0, 0.1) is 13.8 Å². The molecule has 4 heterocycles. The van der Waals surface area contributed by atoms with Gasteiger partial charge < -0.3 is 14.5 Å². The number of piperazine rings is 1. The van der Waals surface area contributed by atoms with Crippen molar-refractivity contribution in [2.75, 3.05) is 38.1 Å². The molecule has 3 aromatic heterocycles. The van der Waals surface area contributed by atoms with E-state index in [1.165, 1.54) is 0 Å². The number of fused-ring (bicyclic) bond motifs is 1. The van der Waals surface area contributed by atoms with Gasteiger partial charge in [0.25, 0.3) is 0 Å². The Morgan fingerprint density at radius 3 is 2.46 bits per heavy atom. The standard InChI is InChI=1S/C25H25B3N6O/c1-15-5-4-6-18(16(15)2)23-20(35-25(26,27)28)13-19-24(30-23)22(32-31-19)17-7-8-21(29-14-17)34-11-9-33(3)10-12-34/h4-8,13-14H,9-12H2,1-3H3,(H,31,32). The first kappa shape index (κ1) is 23.5. The second-order valence-electron chi connectivity index (χ2n) is 9.20. The summed E-state index contributed by atoms with van der Waals surface area (Å²) < 4.78 is 5.70. The molecule has 5 rings (SSSR count). The molecule has 1 aliphatic heterocycles. The molecule has 0 aliphatic carbocycles. The molecule has 0 atom stereocenters. The number of benzene rings is 1. The average Bonchev–Trinajstić information content (AvgIpc) is 3.23. The van der Waals surface area contributed by atoms with Gasteiger partial charge >= 0.3 is 0 Å². The number of rotatable bonds is 5. The van der Waals surface area contributed by atoms with E-state index in [-0.39, 0.29) is 0 Å². The maximum Gasteiger partial charge on any atom is 0.145 e. The Balaban J connectivity index is 1.57. The monoisotopic (exact) mass is 458 g/mol. The third-order valence-corrected chi connectivity index (χ3v) is 6.50. The molecule has 1 aliphatic rings. The third-order valence-electron chi connectivity index (χ3n) is 6.50. The lowest BCUT2D eigenvalue weighted by atomic mass is 9.52. The number of aromatic nitrogens is 4. The Kier molecular flexibility index (Phi) is 6.09. The largest absolute Gasteiger partial charge is 0.513 e. The first-order valence-corrected chi connectivity index (χ1v) is 11.6. The number of anilines is 1. The summed E-state index contributed by atoms with van der Waals surface area (Å²) in [6.45, 7) is 8.06. The molecule has 0 spiro atoms. The summed E-state index contributed by atoms with van der Waals surface area (Å²) in [5.41, 5.74) is 6.64. The van der Waals surface area contributed by atoms with Crippen molar-refractivity contribution >= 4 is 40.4 Å². The summed E-state index contributed by atoms with van der Waals surface area (Å²) in [5, 5.41) is 5.72. The Labute approximate surface area is 209 Å². The molecule has 1 saturated heterocycles. The molecule has 0 amide bonds. The lowest BCUT2D eigenvalue weighted by Crippen LogP contribution is -2.44. The van der Waals surface area contributed by atoms with Crippen LogP contribution in [-0.4, -0.2) is 87.1 Å². The molecule has 1 fully saturated rings. The minimum absolute atomic E-state index is 0.373. The van der Waals surface area contributed by atoms with E-state index in [1.54, 1.807) is 6.07 Å². The van der Waals surface area contributed by atoms with Gasteiger partial charge in [-0.25, -0.2) is 9.97 Å². The molecule has 10 heteroatoms. The van der Waals surface area contributed by atoms with Crippen molar-refractivity contribution in [1.29, 1.82) is 0 Å². The number of aryl methyl sites for hydroxylation is 1. The van der Waals surface area contributed by atoms with Crippen molar-refractivity contribution in [1.82, 2.24) is 25.1 Å². The summed E-state index contributed by atoms with van der Waals surface area (Å²) in [6.07, 6.45) is 1.84. The van der Waals surface area contributed by atoms with E-state index in [0.29, 0.717) is 28.2 Å². The van der Waals surface area contributed by atoms with Crippen LogP contribution < -0.4 is 9.64 Å². The Bertz CT molecular complexity index is 1360. The van der Waals surface area contributed by atoms with Gasteiger partial charge in [0, 0.05) is 49.6 Å². The second-order valence-corrected chi connectivity index (χ2v) is 9.20. The Morgan fingerprint density at radius 1 is 1.00 bits per heavy atom. The number of hydrogen-bond donors (Lipinski definition) is 1. The number of nitrogens with zero attached hydrogens (tertiary/aromatic N) is 5. The van der Waals surface area contributed by atoms with Gasteiger partial charge in [0.15, 0.2) is 0 Å². The van der Waals surface area contributed by atoms with Gasteiger partial charge in [-0.05, 0) is 49.5 Å². The number of H-pyrrole nitrogens is 1. The van der Waals surface area contributed by atoms with Gasteiger partial charge in [-0.2, -0.15) is 5.10 Å². The molecular formula is C25H25B3N6O. The second kappa shape index (κ2) is 9.08. The molecule has 0 saturated carbocycles. The molecule has 35 heavy (non-hydrogen) atoms. The minimum Gasteiger partial charge on any atom is -0.513 e. The zero-order valence-electron chi connectivity index (χ0n) is 20.2. The molecular weight excluding hydrogens is 433 g/mol. The van der Waals surface area contributed by atoms with Crippen LogP contribution in [0.5, 0.6) is 5.75 Å². The molecule has 0 bridgehead atoms. The number of likely N-dealkylation sites (N-methyl/N-ethyl adjacent to an activating group) is 1. The van der Waals surface area contributed by atoms with Crippen molar-refractivity contribution in [2.45, 2.75) is 19.1 Å². The summed E-state index contributed by atoms with van der Waals surface area (Å²) in [6, 6.07) is 11.9. The quantitative estimate of drug-likeness (QED) is 0.464. The van der Waals surface area contributed by atoms with E-state index in [0.717, 1.165) is 54.3 Å². The lowest BCUT2D eigenvalue weighted by Gasteiger charge is -2.33. The predicted molar refractivity (Wildman–Crippen MR) is 142 cm³/mol. The zero-order chi connectivity index (χ0) is 24.7. The van der Waals surface area contributed by atoms with E-state index in [1.807, 2.05) is 50.4 Å². The van der Waals surface area contributed by atoms with Crippen molar-refractivity contribution in [2.24, 2.45) is 0 Å². The minimum atomic E-state index is -1.85. The Hall–Kier alpha value is -3.26. The van der Waals surface area contributed by atoms with Crippen LogP contribution >= 0.6 is 0 Å². The number of ether oxygens (including phenoxy) is 1.